The molecule has 0 bridgehead atoms. The van der Waals surface area contributed by atoms with Crippen molar-refractivity contribution in [2.24, 2.45) is 5.92 Å². The van der Waals surface area contributed by atoms with E-state index in [1.54, 1.807) is 0 Å². The summed E-state index contributed by atoms with van der Waals surface area (Å²) < 4.78 is 0. The maximum Gasteiger partial charge on any atom is 0.222 e. The third-order valence-electron chi connectivity index (χ3n) is 5.15. The SMILES string of the molecule is CN1CCN(C(=O)CCC2CCCN(Cc3ncc[nH]3)C2)CC1. The number of amides is 1. The van der Waals surface area contributed by atoms with Gasteiger partial charge in [0.25, 0.3) is 0 Å². The number of hydrogen-bond donors (Lipinski definition) is 1. The molecule has 1 atom stereocenters. The Hall–Kier alpha value is -1.40. The number of likely N-dealkylation sites (N-methyl/N-ethyl adjacent to an activating group) is 1. The number of carbonyl (C=O) groups excluding carboxylic acids is 1. The van der Waals surface area contributed by atoms with E-state index >= 15 is 0 Å². The van der Waals surface area contributed by atoms with Crippen molar-refractivity contribution in [3.05, 3.63) is 18.2 Å². The van der Waals surface area contributed by atoms with Crippen molar-refractivity contribution in [2.45, 2.75) is 32.2 Å². The predicted octanol–water partition coefficient (Wildman–Crippen LogP) is 1.18. The minimum absolute atomic E-state index is 0.348. The standard InChI is InChI=1S/C17H29N5O/c1-20-9-11-22(12-10-20)17(23)5-4-15-3-2-8-21(13-15)14-16-18-6-7-19-16/h6-7,15H,2-5,8-14H2,1H3,(H,18,19). The molecule has 2 saturated heterocycles. The molecular weight excluding hydrogens is 290 g/mol. The van der Waals surface area contributed by atoms with Crippen LogP contribution in [0.4, 0.5) is 0 Å². The van der Waals surface area contributed by atoms with Crippen molar-refractivity contribution in [1.82, 2.24) is 24.7 Å². The van der Waals surface area contributed by atoms with Gasteiger partial charge in [-0.3, -0.25) is 9.69 Å². The van der Waals surface area contributed by atoms with Gasteiger partial charge < -0.3 is 14.8 Å². The van der Waals surface area contributed by atoms with Gasteiger partial charge >= 0.3 is 0 Å². The molecule has 2 aliphatic heterocycles. The van der Waals surface area contributed by atoms with E-state index in [0.717, 1.165) is 58.1 Å². The summed E-state index contributed by atoms with van der Waals surface area (Å²) >= 11 is 0. The molecule has 1 N–H and O–H groups in total. The van der Waals surface area contributed by atoms with Gasteiger partial charge in [0.05, 0.1) is 6.54 Å². The summed E-state index contributed by atoms with van der Waals surface area (Å²) in [6, 6.07) is 0. The highest BCUT2D eigenvalue weighted by atomic mass is 16.2. The Bertz CT molecular complexity index is 481. The number of rotatable bonds is 5. The monoisotopic (exact) mass is 319 g/mol. The summed E-state index contributed by atoms with van der Waals surface area (Å²) in [5.74, 6) is 2.04. The lowest BCUT2D eigenvalue weighted by Crippen LogP contribution is -2.47. The topological polar surface area (TPSA) is 55.5 Å². The number of aromatic nitrogens is 2. The third kappa shape index (κ3) is 4.78. The summed E-state index contributed by atoms with van der Waals surface area (Å²) in [4.78, 5) is 26.7. The van der Waals surface area contributed by atoms with E-state index in [-0.39, 0.29) is 0 Å². The molecule has 0 aliphatic carbocycles. The van der Waals surface area contributed by atoms with Gasteiger partial charge in [-0.2, -0.15) is 0 Å². The summed E-state index contributed by atoms with van der Waals surface area (Å²) in [6.07, 6.45) is 7.92. The lowest BCUT2D eigenvalue weighted by molar-refractivity contribution is -0.133. The van der Waals surface area contributed by atoms with Gasteiger partial charge in [-0.15, -0.1) is 0 Å². The second-order valence-electron chi connectivity index (χ2n) is 7.00. The molecule has 0 radical (unpaired) electrons. The van der Waals surface area contributed by atoms with Crippen molar-refractivity contribution < 1.29 is 4.79 Å². The van der Waals surface area contributed by atoms with Crippen LogP contribution in [0.15, 0.2) is 12.4 Å². The maximum absolute atomic E-state index is 12.4. The quantitative estimate of drug-likeness (QED) is 0.885. The zero-order chi connectivity index (χ0) is 16.1. The fourth-order valence-electron chi connectivity index (χ4n) is 3.67. The predicted molar refractivity (Wildman–Crippen MR) is 89.9 cm³/mol. The molecular formula is C17H29N5O. The number of piperazine rings is 1. The van der Waals surface area contributed by atoms with Crippen molar-refractivity contribution in [2.75, 3.05) is 46.3 Å². The molecule has 6 nitrogen and oxygen atoms in total. The molecule has 128 valence electrons. The van der Waals surface area contributed by atoms with Crippen LogP contribution in [0.3, 0.4) is 0 Å². The zero-order valence-electron chi connectivity index (χ0n) is 14.2. The smallest absolute Gasteiger partial charge is 0.222 e. The normalized spacial score (nSPS) is 24.0. The highest BCUT2D eigenvalue weighted by Crippen LogP contribution is 2.22. The molecule has 1 unspecified atom stereocenters. The highest BCUT2D eigenvalue weighted by Gasteiger charge is 2.23. The first-order chi connectivity index (χ1) is 11.2. The van der Waals surface area contributed by atoms with E-state index < -0.39 is 0 Å². The molecule has 2 fully saturated rings. The molecule has 6 heteroatoms. The Morgan fingerprint density at radius 2 is 2.13 bits per heavy atom. The molecule has 0 saturated carbocycles. The molecule has 3 heterocycles. The van der Waals surface area contributed by atoms with Crippen molar-refractivity contribution in [1.29, 1.82) is 0 Å². The number of piperidine rings is 1. The van der Waals surface area contributed by atoms with Crippen LogP contribution < -0.4 is 0 Å². The van der Waals surface area contributed by atoms with Gasteiger partial charge in [0.1, 0.15) is 5.82 Å². The first kappa shape index (κ1) is 16.5. The van der Waals surface area contributed by atoms with Gasteiger partial charge in [0.2, 0.25) is 5.91 Å². The molecule has 0 aromatic carbocycles. The van der Waals surface area contributed by atoms with E-state index in [1.165, 1.54) is 12.8 Å². The molecule has 1 aromatic heterocycles. The summed E-state index contributed by atoms with van der Waals surface area (Å²) in [7, 11) is 2.12. The Balaban J connectivity index is 1.40. The second-order valence-corrected chi connectivity index (χ2v) is 7.00. The lowest BCUT2D eigenvalue weighted by Gasteiger charge is -2.34. The van der Waals surface area contributed by atoms with Crippen LogP contribution in [-0.2, 0) is 11.3 Å². The molecule has 2 aliphatic rings. The van der Waals surface area contributed by atoms with E-state index in [4.69, 9.17) is 0 Å². The second kappa shape index (κ2) is 7.93. The van der Waals surface area contributed by atoms with Crippen molar-refractivity contribution in [3.8, 4) is 0 Å². The van der Waals surface area contributed by atoms with Crippen LogP contribution in [0, 0.1) is 5.92 Å². The minimum Gasteiger partial charge on any atom is -0.348 e. The largest absolute Gasteiger partial charge is 0.348 e. The number of hydrogen-bond acceptors (Lipinski definition) is 4. The van der Waals surface area contributed by atoms with E-state index in [1.807, 2.05) is 17.3 Å². The van der Waals surface area contributed by atoms with Gasteiger partial charge in [-0.05, 0) is 38.8 Å². The van der Waals surface area contributed by atoms with Gasteiger partial charge in [-0.25, -0.2) is 4.98 Å². The number of nitrogens with zero attached hydrogens (tertiary/aromatic N) is 4. The van der Waals surface area contributed by atoms with Crippen molar-refractivity contribution >= 4 is 5.91 Å². The summed E-state index contributed by atoms with van der Waals surface area (Å²) in [5, 5.41) is 0. The van der Waals surface area contributed by atoms with Crippen LogP contribution >= 0.6 is 0 Å². The van der Waals surface area contributed by atoms with Crippen LogP contribution in [0.5, 0.6) is 0 Å². The molecule has 1 aromatic rings. The number of aromatic amines is 1. The summed E-state index contributed by atoms with van der Waals surface area (Å²) in [6.45, 7) is 6.93. The number of carbonyl (C=O) groups is 1. The third-order valence-corrected chi connectivity index (χ3v) is 5.15. The first-order valence-corrected chi connectivity index (χ1v) is 8.87. The minimum atomic E-state index is 0.348. The molecule has 23 heavy (non-hydrogen) atoms. The lowest BCUT2D eigenvalue weighted by atomic mass is 9.93. The average molecular weight is 319 g/mol. The van der Waals surface area contributed by atoms with Crippen molar-refractivity contribution in [3.63, 3.8) is 0 Å². The van der Waals surface area contributed by atoms with Crippen LogP contribution in [-0.4, -0.2) is 76.9 Å². The Morgan fingerprint density at radius 3 is 2.87 bits per heavy atom. The number of imidazole rings is 1. The van der Waals surface area contributed by atoms with Gasteiger partial charge in [-0.1, -0.05) is 0 Å². The molecule has 3 rings (SSSR count). The van der Waals surface area contributed by atoms with Crippen LogP contribution in [0.1, 0.15) is 31.5 Å². The number of nitrogens with one attached hydrogen (secondary N) is 1. The molecule has 1 amide bonds. The van der Waals surface area contributed by atoms with Gasteiger partial charge in [0, 0.05) is 51.5 Å². The van der Waals surface area contributed by atoms with E-state index in [9.17, 15) is 4.79 Å². The number of likely N-dealkylation sites (tertiary alicyclic amines) is 1. The Labute approximate surface area is 138 Å². The fourth-order valence-corrected chi connectivity index (χ4v) is 3.67. The summed E-state index contributed by atoms with van der Waals surface area (Å²) in [5.41, 5.74) is 0. The Kier molecular flexibility index (Phi) is 5.67. The Morgan fingerprint density at radius 1 is 1.30 bits per heavy atom. The zero-order valence-corrected chi connectivity index (χ0v) is 14.2. The van der Waals surface area contributed by atoms with Crippen LogP contribution in [0.25, 0.3) is 0 Å². The van der Waals surface area contributed by atoms with Gasteiger partial charge in [0.15, 0.2) is 0 Å². The average Bonchev–Trinajstić information content (AvgIpc) is 3.07. The van der Waals surface area contributed by atoms with E-state index in [2.05, 4.69) is 26.8 Å². The van der Waals surface area contributed by atoms with Crippen LogP contribution in [0.2, 0.25) is 0 Å². The van der Waals surface area contributed by atoms with E-state index in [0.29, 0.717) is 18.2 Å². The molecule has 0 spiro atoms. The fraction of sp³-hybridized carbons (Fsp3) is 0.765. The highest BCUT2D eigenvalue weighted by molar-refractivity contribution is 5.76. The number of H-pyrrole nitrogens is 1. The maximum atomic E-state index is 12.4. The first-order valence-electron chi connectivity index (χ1n) is 8.87.